The average molecular weight is 266 g/mol. The molecule has 5 nitrogen and oxygen atoms in total. The quantitative estimate of drug-likeness (QED) is 0.660. The van der Waals surface area contributed by atoms with E-state index in [1.807, 2.05) is 12.1 Å². The first kappa shape index (κ1) is 15.5. The van der Waals surface area contributed by atoms with E-state index in [-0.39, 0.29) is 6.54 Å². The summed E-state index contributed by atoms with van der Waals surface area (Å²) in [4.78, 5) is 11.3. The van der Waals surface area contributed by atoms with Crippen LogP contribution in [0.4, 0.5) is 0 Å². The largest absolute Gasteiger partial charge is 0.496 e. The van der Waals surface area contributed by atoms with Gasteiger partial charge in [0.05, 0.1) is 7.11 Å². The van der Waals surface area contributed by atoms with E-state index in [0.717, 1.165) is 23.3 Å². The smallest absolute Gasteiger partial charge is 0.250 e. The minimum Gasteiger partial charge on any atom is -0.496 e. The maximum atomic E-state index is 11.3. The average Bonchev–Trinajstić information content (AvgIpc) is 2.45. The summed E-state index contributed by atoms with van der Waals surface area (Å²) >= 11 is 0. The Morgan fingerprint density at radius 2 is 2.26 bits per heavy atom. The number of benzene rings is 1. The third-order valence-electron chi connectivity index (χ3n) is 2.96. The standard InChI is InChI=1S/C14H22N2O3/c1-3-11-8-10(4-5-13(11)19-2)6-7-16-14(18)12(17)9-15/h4-5,8,12,17H,3,6-7,9,15H2,1-2H3,(H,16,18). The second-order valence-corrected chi connectivity index (χ2v) is 4.29. The van der Waals surface area contributed by atoms with Crippen LogP contribution in [-0.2, 0) is 17.6 Å². The maximum absolute atomic E-state index is 11.3. The van der Waals surface area contributed by atoms with Crippen molar-refractivity contribution >= 4 is 5.91 Å². The number of nitrogens with two attached hydrogens (primary N) is 1. The third kappa shape index (κ3) is 4.54. The first-order chi connectivity index (χ1) is 9.12. The minimum absolute atomic E-state index is 0.0612. The molecule has 4 N–H and O–H groups in total. The van der Waals surface area contributed by atoms with Crippen LogP contribution in [0.5, 0.6) is 5.75 Å². The lowest BCUT2D eigenvalue weighted by atomic mass is 10.1. The monoisotopic (exact) mass is 266 g/mol. The van der Waals surface area contributed by atoms with Crippen molar-refractivity contribution in [2.75, 3.05) is 20.2 Å². The Morgan fingerprint density at radius 3 is 2.84 bits per heavy atom. The Bertz CT molecular complexity index is 421. The van der Waals surface area contributed by atoms with Gasteiger partial charge in [-0.3, -0.25) is 4.79 Å². The number of carbonyl (C=O) groups is 1. The van der Waals surface area contributed by atoms with Crippen LogP contribution in [0.2, 0.25) is 0 Å². The van der Waals surface area contributed by atoms with Crippen LogP contribution >= 0.6 is 0 Å². The van der Waals surface area contributed by atoms with Gasteiger partial charge in [0.15, 0.2) is 0 Å². The molecule has 1 aromatic rings. The molecular weight excluding hydrogens is 244 g/mol. The van der Waals surface area contributed by atoms with E-state index in [0.29, 0.717) is 13.0 Å². The molecule has 5 heteroatoms. The molecule has 106 valence electrons. The topological polar surface area (TPSA) is 84.6 Å². The van der Waals surface area contributed by atoms with Crippen LogP contribution in [0.25, 0.3) is 0 Å². The van der Waals surface area contributed by atoms with Crippen LogP contribution in [0, 0.1) is 0 Å². The summed E-state index contributed by atoms with van der Waals surface area (Å²) in [6, 6.07) is 5.98. The normalized spacial score (nSPS) is 12.0. The number of rotatable bonds is 7. The lowest BCUT2D eigenvalue weighted by molar-refractivity contribution is -0.128. The number of carbonyl (C=O) groups excluding carboxylic acids is 1. The van der Waals surface area contributed by atoms with E-state index in [9.17, 15) is 9.90 Å². The van der Waals surface area contributed by atoms with Crippen LogP contribution in [0.1, 0.15) is 18.1 Å². The molecule has 0 aliphatic carbocycles. The van der Waals surface area contributed by atoms with Crippen molar-refractivity contribution in [1.82, 2.24) is 5.32 Å². The van der Waals surface area contributed by atoms with Crippen LogP contribution in [0.3, 0.4) is 0 Å². The fourth-order valence-electron chi connectivity index (χ4n) is 1.82. The molecule has 0 spiro atoms. The van der Waals surface area contributed by atoms with Crippen molar-refractivity contribution < 1.29 is 14.6 Å². The SMILES string of the molecule is CCc1cc(CCNC(=O)C(O)CN)ccc1OC. The van der Waals surface area contributed by atoms with Gasteiger partial charge in [-0.05, 0) is 30.0 Å². The van der Waals surface area contributed by atoms with Crippen molar-refractivity contribution in [1.29, 1.82) is 0 Å². The molecule has 19 heavy (non-hydrogen) atoms. The Labute approximate surface area is 113 Å². The van der Waals surface area contributed by atoms with E-state index in [4.69, 9.17) is 10.5 Å². The van der Waals surface area contributed by atoms with Gasteiger partial charge < -0.3 is 20.9 Å². The van der Waals surface area contributed by atoms with E-state index < -0.39 is 12.0 Å². The van der Waals surface area contributed by atoms with Gasteiger partial charge in [0.25, 0.3) is 0 Å². The maximum Gasteiger partial charge on any atom is 0.250 e. The Balaban J connectivity index is 2.52. The number of aliphatic hydroxyl groups is 1. The lowest BCUT2D eigenvalue weighted by Crippen LogP contribution is -2.39. The number of ether oxygens (including phenoxy) is 1. The third-order valence-corrected chi connectivity index (χ3v) is 2.96. The van der Waals surface area contributed by atoms with Crippen LogP contribution in [-0.4, -0.2) is 37.3 Å². The highest BCUT2D eigenvalue weighted by Gasteiger charge is 2.11. The summed E-state index contributed by atoms with van der Waals surface area (Å²) in [5.74, 6) is 0.459. The van der Waals surface area contributed by atoms with Gasteiger partial charge in [-0.15, -0.1) is 0 Å². The van der Waals surface area contributed by atoms with E-state index >= 15 is 0 Å². The zero-order valence-electron chi connectivity index (χ0n) is 11.5. The van der Waals surface area contributed by atoms with Gasteiger partial charge in [-0.1, -0.05) is 19.1 Å². The number of nitrogens with one attached hydrogen (secondary N) is 1. The summed E-state index contributed by atoms with van der Waals surface area (Å²) in [6.07, 6.45) is 0.483. The molecule has 0 aromatic heterocycles. The van der Waals surface area contributed by atoms with Crippen molar-refractivity contribution in [3.05, 3.63) is 29.3 Å². The zero-order valence-corrected chi connectivity index (χ0v) is 11.5. The van der Waals surface area contributed by atoms with Crippen molar-refractivity contribution in [2.24, 2.45) is 5.73 Å². The minimum atomic E-state index is -1.12. The summed E-state index contributed by atoms with van der Waals surface area (Å²) in [5, 5.41) is 11.9. The summed E-state index contributed by atoms with van der Waals surface area (Å²) < 4.78 is 5.26. The van der Waals surface area contributed by atoms with Gasteiger partial charge in [0.1, 0.15) is 11.9 Å². The van der Waals surface area contributed by atoms with Gasteiger partial charge in [-0.25, -0.2) is 0 Å². The molecule has 0 bridgehead atoms. The van der Waals surface area contributed by atoms with Crippen LogP contribution in [0.15, 0.2) is 18.2 Å². The Morgan fingerprint density at radius 1 is 1.53 bits per heavy atom. The fourth-order valence-corrected chi connectivity index (χ4v) is 1.82. The van der Waals surface area contributed by atoms with Gasteiger partial charge >= 0.3 is 0 Å². The van der Waals surface area contributed by atoms with E-state index in [1.54, 1.807) is 7.11 Å². The number of aryl methyl sites for hydroxylation is 1. The molecule has 1 amide bonds. The molecule has 1 aromatic carbocycles. The fraction of sp³-hybridized carbons (Fsp3) is 0.500. The molecule has 0 aliphatic heterocycles. The molecule has 0 radical (unpaired) electrons. The second kappa shape index (κ2) is 7.76. The summed E-state index contributed by atoms with van der Waals surface area (Å²) in [5.41, 5.74) is 7.47. The van der Waals surface area contributed by atoms with Gasteiger partial charge in [-0.2, -0.15) is 0 Å². The molecule has 0 aliphatic rings. The summed E-state index contributed by atoms with van der Waals surface area (Å²) in [6.45, 7) is 2.49. The number of amides is 1. The first-order valence-corrected chi connectivity index (χ1v) is 6.44. The van der Waals surface area contributed by atoms with Crippen molar-refractivity contribution in [3.8, 4) is 5.75 Å². The van der Waals surface area contributed by atoms with Crippen molar-refractivity contribution in [2.45, 2.75) is 25.9 Å². The second-order valence-electron chi connectivity index (χ2n) is 4.29. The van der Waals surface area contributed by atoms with Gasteiger partial charge in [0.2, 0.25) is 5.91 Å². The molecule has 0 saturated carbocycles. The molecule has 0 fully saturated rings. The zero-order chi connectivity index (χ0) is 14.3. The number of aliphatic hydroxyl groups excluding tert-OH is 1. The van der Waals surface area contributed by atoms with Crippen molar-refractivity contribution in [3.63, 3.8) is 0 Å². The molecule has 1 unspecified atom stereocenters. The molecule has 0 heterocycles. The number of methoxy groups -OCH3 is 1. The Hall–Kier alpha value is -1.59. The van der Waals surface area contributed by atoms with Gasteiger partial charge in [0, 0.05) is 13.1 Å². The summed E-state index contributed by atoms with van der Waals surface area (Å²) in [7, 11) is 1.66. The highest BCUT2D eigenvalue weighted by Crippen LogP contribution is 2.20. The molecule has 1 rings (SSSR count). The highest BCUT2D eigenvalue weighted by molar-refractivity contribution is 5.80. The van der Waals surface area contributed by atoms with E-state index in [1.165, 1.54) is 0 Å². The lowest BCUT2D eigenvalue weighted by Gasteiger charge is -2.11. The predicted octanol–water partition coefficient (Wildman–Crippen LogP) is 0.236. The number of hydrogen-bond donors (Lipinski definition) is 3. The molecule has 0 saturated heterocycles. The molecular formula is C14H22N2O3. The first-order valence-electron chi connectivity index (χ1n) is 6.44. The van der Waals surface area contributed by atoms with E-state index in [2.05, 4.69) is 18.3 Å². The number of hydrogen-bond acceptors (Lipinski definition) is 4. The Kier molecular flexibility index (Phi) is 6.32. The highest BCUT2D eigenvalue weighted by atomic mass is 16.5. The molecule has 1 atom stereocenters. The predicted molar refractivity (Wildman–Crippen MR) is 74.1 cm³/mol. The van der Waals surface area contributed by atoms with Crippen LogP contribution < -0.4 is 15.8 Å².